The van der Waals surface area contributed by atoms with E-state index in [9.17, 15) is 9.90 Å². The Labute approximate surface area is 109 Å². The minimum Gasteiger partial charge on any atom is -0.508 e. The van der Waals surface area contributed by atoms with Crippen LogP contribution < -0.4 is 5.43 Å². The summed E-state index contributed by atoms with van der Waals surface area (Å²) < 4.78 is 5.73. The molecule has 3 heteroatoms. The van der Waals surface area contributed by atoms with Gasteiger partial charge in [0.2, 0.25) is 0 Å². The molecule has 0 radical (unpaired) electrons. The molecule has 0 fully saturated rings. The van der Waals surface area contributed by atoms with Gasteiger partial charge in [-0.3, -0.25) is 4.79 Å². The van der Waals surface area contributed by atoms with Crippen LogP contribution in [-0.4, -0.2) is 5.11 Å². The molecule has 1 aromatic heterocycles. The van der Waals surface area contributed by atoms with Crippen molar-refractivity contribution in [2.45, 2.75) is 6.92 Å². The van der Waals surface area contributed by atoms with Crippen molar-refractivity contribution in [3.63, 3.8) is 0 Å². The van der Waals surface area contributed by atoms with E-state index < -0.39 is 0 Å². The van der Waals surface area contributed by atoms with Gasteiger partial charge in [-0.05, 0) is 24.6 Å². The number of phenolic OH excluding ortho intramolecular Hbond substituents is 1. The molecule has 1 heterocycles. The van der Waals surface area contributed by atoms with Crippen LogP contribution in [0.2, 0.25) is 0 Å². The Hall–Kier alpha value is -2.55. The van der Waals surface area contributed by atoms with Crippen molar-refractivity contribution in [2.75, 3.05) is 0 Å². The van der Waals surface area contributed by atoms with Crippen LogP contribution in [0.5, 0.6) is 5.75 Å². The van der Waals surface area contributed by atoms with E-state index in [0.717, 1.165) is 11.1 Å². The van der Waals surface area contributed by atoms with E-state index in [1.807, 2.05) is 31.2 Å². The van der Waals surface area contributed by atoms with E-state index in [0.29, 0.717) is 16.7 Å². The van der Waals surface area contributed by atoms with Crippen LogP contribution in [-0.2, 0) is 0 Å². The fourth-order valence-electron chi connectivity index (χ4n) is 2.13. The van der Waals surface area contributed by atoms with Crippen molar-refractivity contribution in [3.05, 3.63) is 64.3 Å². The van der Waals surface area contributed by atoms with Gasteiger partial charge in [0.1, 0.15) is 17.1 Å². The van der Waals surface area contributed by atoms with Gasteiger partial charge in [0.05, 0.1) is 5.39 Å². The first-order valence-corrected chi connectivity index (χ1v) is 5.98. The molecular weight excluding hydrogens is 240 g/mol. The third-order valence-corrected chi connectivity index (χ3v) is 3.12. The molecule has 0 saturated heterocycles. The molecule has 3 rings (SSSR count). The molecule has 3 aromatic rings. The van der Waals surface area contributed by atoms with Gasteiger partial charge in [-0.1, -0.05) is 24.3 Å². The summed E-state index contributed by atoms with van der Waals surface area (Å²) in [6, 6.07) is 13.7. The highest BCUT2D eigenvalue weighted by Crippen LogP contribution is 2.26. The quantitative estimate of drug-likeness (QED) is 0.721. The smallest absolute Gasteiger partial charge is 0.193 e. The fourth-order valence-corrected chi connectivity index (χ4v) is 2.13. The molecule has 3 nitrogen and oxygen atoms in total. The molecule has 19 heavy (non-hydrogen) atoms. The maximum Gasteiger partial charge on any atom is 0.193 e. The standard InChI is InChI=1S/C16H12O3/c1-10-4-2-3-5-12(10)16-9-14(18)13-7-6-11(17)8-15(13)19-16/h2-9,17H,1H3. The number of fused-ring (bicyclic) bond motifs is 1. The van der Waals surface area contributed by atoms with Gasteiger partial charge >= 0.3 is 0 Å². The summed E-state index contributed by atoms with van der Waals surface area (Å²) in [5, 5.41) is 9.94. The van der Waals surface area contributed by atoms with Crippen LogP contribution in [0.25, 0.3) is 22.3 Å². The van der Waals surface area contributed by atoms with Crippen LogP contribution in [0.3, 0.4) is 0 Å². The van der Waals surface area contributed by atoms with Crippen molar-refractivity contribution < 1.29 is 9.52 Å². The highest BCUT2D eigenvalue weighted by atomic mass is 16.3. The second-order valence-corrected chi connectivity index (χ2v) is 4.47. The van der Waals surface area contributed by atoms with Gasteiger partial charge in [0.25, 0.3) is 0 Å². The maximum absolute atomic E-state index is 12.1. The summed E-state index contributed by atoms with van der Waals surface area (Å²) in [5.74, 6) is 0.596. The summed E-state index contributed by atoms with van der Waals surface area (Å²) in [7, 11) is 0. The summed E-state index contributed by atoms with van der Waals surface area (Å²) in [4.78, 5) is 12.1. The molecule has 0 saturated carbocycles. The lowest BCUT2D eigenvalue weighted by molar-refractivity contribution is 0.474. The molecule has 0 unspecified atom stereocenters. The number of phenols is 1. The highest BCUT2D eigenvalue weighted by molar-refractivity contribution is 5.80. The second kappa shape index (κ2) is 4.28. The average Bonchev–Trinajstić information content (AvgIpc) is 2.38. The summed E-state index contributed by atoms with van der Waals surface area (Å²) in [6.45, 7) is 1.96. The number of benzene rings is 2. The Kier molecular flexibility index (Phi) is 2.60. The number of aromatic hydroxyl groups is 1. The van der Waals surface area contributed by atoms with Crippen molar-refractivity contribution in [3.8, 4) is 17.1 Å². The zero-order valence-corrected chi connectivity index (χ0v) is 10.4. The zero-order chi connectivity index (χ0) is 13.4. The number of hydrogen-bond acceptors (Lipinski definition) is 3. The first-order valence-electron chi connectivity index (χ1n) is 5.98. The van der Waals surface area contributed by atoms with Gasteiger partial charge in [0.15, 0.2) is 5.43 Å². The van der Waals surface area contributed by atoms with Crippen LogP contribution in [0, 0.1) is 6.92 Å². The van der Waals surface area contributed by atoms with Crippen LogP contribution >= 0.6 is 0 Å². The first-order chi connectivity index (χ1) is 9.15. The molecule has 0 aliphatic heterocycles. The molecule has 0 spiro atoms. The summed E-state index contributed by atoms with van der Waals surface area (Å²) in [5.41, 5.74) is 2.19. The Morgan fingerprint density at radius 1 is 1.05 bits per heavy atom. The first kappa shape index (κ1) is 11.5. The SMILES string of the molecule is Cc1ccccc1-c1cc(=O)c2ccc(O)cc2o1. The number of aryl methyl sites for hydroxylation is 1. The second-order valence-electron chi connectivity index (χ2n) is 4.47. The Balaban J connectivity index is 2.32. The Morgan fingerprint density at radius 2 is 1.84 bits per heavy atom. The van der Waals surface area contributed by atoms with Crippen molar-refractivity contribution in [1.29, 1.82) is 0 Å². The van der Waals surface area contributed by atoms with E-state index in [1.165, 1.54) is 18.2 Å². The van der Waals surface area contributed by atoms with Crippen molar-refractivity contribution >= 4 is 11.0 Å². The highest BCUT2D eigenvalue weighted by Gasteiger charge is 2.09. The third-order valence-electron chi connectivity index (χ3n) is 3.12. The van der Waals surface area contributed by atoms with E-state index in [4.69, 9.17) is 4.42 Å². The topological polar surface area (TPSA) is 50.4 Å². The predicted molar refractivity (Wildman–Crippen MR) is 74.3 cm³/mol. The average molecular weight is 252 g/mol. The molecule has 0 aliphatic carbocycles. The van der Waals surface area contributed by atoms with Crippen molar-refractivity contribution in [2.24, 2.45) is 0 Å². The Morgan fingerprint density at radius 3 is 2.63 bits per heavy atom. The van der Waals surface area contributed by atoms with E-state index in [1.54, 1.807) is 6.07 Å². The maximum atomic E-state index is 12.1. The normalized spacial score (nSPS) is 10.8. The predicted octanol–water partition coefficient (Wildman–Crippen LogP) is 3.47. The van der Waals surface area contributed by atoms with Crippen molar-refractivity contribution in [1.82, 2.24) is 0 Å². The minimum absolute atomic E-state index is 0.0811. The zero-order valence-electron chi connectivity index (χ0n) is 10.4. The van der Waals surface area contributed by atoms with E-state index in [2.05, 4.69) is 0 Å². The Bertz CT molecular complexity index is 816. The van der Waals surface area contributed by atoms with Gasteiger partial charge in [-0.2, -0.15) is 0 Å². The molecule has 0 amide bonds. The van der Waals surface area contributed by atoms with Crippen LogP contribution in [0.15, 0.2) is 57.7 Å². The lowest BCUT2D eigenvalue weighted by Gasteiger charge is -2.06. The number of hydrogen-bond donors (Lipinski definition) is 1. The van der Waals surface area contributed by atoms with E-state index >= 15 is 0 Å². The van der Waals surface area contributed by atoms with Gasteiger partial charge < -0.3 is 9.52 Å². The third kappa shape index (κ3) is 1.99. The minimum atomic E-state index is -0.112. The molecule has 0 bridgehead atoms. The number of rotatable bonds is 1. The van der Waals surface area contributed by atoms with E-state index in [-0.39, 0.29) is 11.2 Å². The van der Waals surface area contributed by atoms with Gasteiger partial charge in [0, 0.05) is 17.7 Å². The van der Waals surface area contributed by atoms with Crippen LogP contribution in [0.4, 0.5) is 0 Å². The molecule has 0 aliphatic rings. The lowest BCUT2D eigenvalue weighted by atomic mass is 10.1. The molecule has 2 aromatic carbocycles. The lowest BCUT2D eigenvalue weighted by Crippen LogP contribution is -2.00. The summed E-state index contributed by atoms with van der Waals surface area (Å²) >= 11 is 0. The van der Waals surface area contributed by atoms with Gasteiger partial charge in [-0.15, -0.1) is 0 Å². The molecule has 1 N–H and O–H groups in total. The molecule has 0 atom stereocenters. The van der Waals surface area contributed by atoms with Crippen LogP contribution in [0.1, 0.15) is 5.56 Å². The van der Waals surface area contributed by atoms with Gasteiger partial charge in [-0.25, -0.2) is 0 Å². The molecular formula is C16H12O3. The fraction of sp³-hybridized carbons (Fsp3) is 0.0625. The summed E-state index contributed by atoms with van der Waals surface area (Å²) in [6.07, 6.45) is 0. The molecule has 94 valence electrons. The largest absolute Gasteiger partial charge is 0.508 e. The monoisotopic (exact) mass is 252 g/mol.